The smallest absolute Gasteiger partial charge is 0.225 e. The van der Waals surface area contributed by atoms with Gasteiger partial charge in [0.05, 0.1) is 13.5 Å². The molecule has 0 unspecified atom stereocenters. The molecule has 2 rings (SSSR count). The van der Waals surface area contributed by atoms with Crippen LogP contribution in [-0.2, 0) is 17.6 Å². The first-order chi connectivity index (χ1) is 9.28. The van der Waals surface area contributed by atoms with Gasteiger partial charge in [-0.2, -0.15) is 0 Å². The number of benzene rings is 1. The summed E-state index contributed by atoms with van der Waals surface area (Å²) in [5, 5.41) is 2.91. The Hall–Kier alpha value is -2.23. The quantitative estimate of drug-likeness (QED) is 0.831. The summed E-state index contributed by atoms with van der Waals surface area (Å²) in [5.41, 5.74) is 2.08. The van der Waals surface area contributed by atoms with Crippen LogP contribution in [0.1, 0.15) is 11.3 Å². The lowest BCUT2D eigenvalue weighted by atomic mass is 10.1. The summed E-state index contributed by atoms with van der Waals surface area (Å²) in [6, 6.07) is 11.7. The molecule has 4 nitrogen and oxygen atoms in total. The molecule has 4 heteroatoms. The van der Waals surface area contributed by atoms with Crippen LogP contribution in [0.15, 0.2) is 42.6 Å². The van der Waals surface area contributed by atoms with Crippen molar-refractivity contribution in [3.63, 3.8) is 0 Å². The molecular formula is C15H18N2O2. The molecule has 0 aliphatic heterocycles. The van der Waals surface area contributed by atoms with Crippen molar-refractivity contribution < 1.29 is 9.53 Å². The summed E-state index contributed by atoms with van der Waals surface area (Å²) in [6.45, 7) is 0.632. The van der Waals surface area contributed by atoms with E-state index in [9.17, 15) is 4.79 Å². The van der Waals surface area contributed by atoms with Gasteiger partial charge in [-0.15, -0.1) is 0 Å². The number of amides is 1. The summed E-state index contributed by atoms with van der Waals surface area (Å²) in [6.07, 6.45) is 3.01. The summed E-state index contributed by atoms with van der Waals surface area (Å²) in [7, 11) is 1.65. The average Bonchev–Trinajstić information content (AvgIpc) is 2.92. The standard InChI is InChI=1S/C15H18N2O2/c1-19-14-6-2-4-12(10-14)7-9-17-15(18)11-13-5-3-8-16-13/h2-6,8,10,16H,7,9,11H2,1H3,(H,17,18). The molecule has 0 spiro atoms. The van der Waals surface area contributed by atoms with Crippen molar-refractivity contribution in [2.45, 2.75) is 12.8 Å². The fraction of sp³-hybridized carbons (Fsp3) is 0.267. The van der Waals surface area contributed by atoms with E-state index in [2.05, 4.69) is 10.3 Å². The second-order valence-corrected chi connectivity index (χ2v) is 4.32. The molecule has 0 fully saturated rings. The van der Waals surface area contributed by atoms with Crippen LogP contribution < -0.4 is 10.1 Å². The lowest BCUT2D eigenvalue weighted by Gasteiger charge is -2.06. The molecule has 19 heavy (non-hydrogen) atoms. The molecule has 0 aliphatic carbocycles. The van der Waals surface area contributed by atoms with Crippen LogP contribution in [0.2, 0.25) is 0 Å². The average molecular weight is 258 g/mol. The van der Waals surface area contributed by atoms with Gasteiger partial charge in [-0.05, 0) is 36.2 Å². The largest absolute Gasteiger partial charge is 0.497 e. The molecule has 2 N–H and O–H groups in total. The van der Waals surface area contributed by atoms with Crippen molar-refractivity contribution in [1.82, 2.24) is 10.3 Å². The monoisotopic (exact) mass is 258 g/mol. The number of rotatable bonds is 6. The van der Waals surface area contributed by atoms with Gasteiger partial charge in [-0.3, -0.25) is 4.79 Å². The number of hydrogen-bond donors (Lipinski definition) is 2. The van der Waals surface area contributed by atoms with Crippen molar-refractivity contribution in [2.75, 3.05) is 13.7 Å². The minimum absolute atomic E-state index is 0.0327. The zero-order valence-electron chi connectivity index (χ0n) is 11.0. The van der Waals surface area contributed by atoms with E-state index in [4.69, 9.17) is 4.74 Å². The first-order valence-electron chi connectivity index (χ1n) is 6.30. The van der Waals surface area contributed by atoms with Crippen molar-refractivity contribution in [1.29, 1.82) is 0 Å². The Kier molecular flexibility index (Phi) is 4.61. The van der Waals surface area contributed by atoms with E-state index in [1.54, 1.807) is 7.11 Å². The highest BCUT2D eigenvalue weighted by atomic mass is 16.5. The van der Waals surface area contributed by atoms with Gasteiger partial charge in [0.25, 0.3) is 0 Å². The third-order valence-electron chi connectivity index (χ3n) is 2.88. The maximum Gasteiger partial charge on any atom is 0.225 e. The van der Waals surface area contributed by atoms with Gasteiger partial charge in [0.2, 0.25) is 5.91 Å². The van der Waals surface area contributed by atoms with Crippen LogP contribution in [0.3, 0.4) is 0 Å². The summed E-state index contributed by atoms with van der Waals surface area (Å²) in [4.78, 5) is 14.7. The fourth-order valence-electron chi connectivity index (χ4n) is 1.89. The molecule has 1 heterocycles. The molecule has 1 aromatic heterocycles. The van der Waals surface area contributed by atoms with Gasteiger partial charge in [-0.25, -0.2) is 0 Å². The lowest BCUT2D eigenvalue weighted by molar-refractivity contribution is -0.120. The minimum atomic E-state index is 0.0327. The van der Waals surface area contributed by atoms with Crippen molar-refractivity contribution in [3.05, 3.63) is 53.9 Å². The van der Waals surface area contributed by atoms with E-state index in [1.807, 2.05) is 42.6 Å². The molecule has 0 atom stereocenters. The number of aromatic nitrogens is 1. The Morgan fingerprint density at radius 1 is 1.32 bits per heavy atom. The number of nitrogens with one attached hydrogen (secondary N) is 2. The fourth-order valence-corrected chi connectivity index (χ4v) is 1.89. The van der Waals surface area contributed by atoms with Crippen molar-refractivity contribution in [2.24, 2.45) is 0 Å². The van der Waals surface area contributed by atoms with E-state index < -0.39 is 0 Å². The zero-order valence-corrected chi connectivity index (χ0v) is 11.0. The molecule has 0 saturated heterocycles. The summed E-state index contributed by atoms with van der Waals surface area (Å²) in [5.74, 6) is 0.876. The second-order valence-electron chi connectivity index (χ2n) is 4.32. The van der Waals surface area contributed by atoms with Gasteiger partial charge in [-0.1, -0.05) is 12.1 Å². The highest BCUT2D eigenvalue weighted by molar-refractivity contribution is 5.78. The zero-order chi connectivity index (χ0) is 13.5. The van der Waals surface area contributed by atoms with Crippen molar-refractivity contribution >= 4 is 5.91 Å². The van der Waals surface area contributed by atoms with Gasteiger partial charge in [0.15, 0.2) is 0 Å². The van der Waals surface area contributed by atoms with E-state index in [0.29, 0.717) is 13.0 Å². The van der Waals surface area contributed by atoms with Crippen molar-refractivity contribution in [3.8, 4) is 5.75 Å². The van der Waals surface area contributed by atoms with Crippen LogP contribution in [0.25, 0.3) is 0 Å². The first kappa shape index (κ1) is 13.2. The van der Waals surface area contributed by atoms with E-state index in [0.717, 1.165) is 23.4 Å². The molecule has 100 valence electrons. The van der Waals surface area contributed by atoms with Crippen LogP contribution >= 0.6 is 0 Å². The molecule has 0 saturated carbocycles. The molecule has 2 aromatic rings. The molecule has 1 amide bonds. The number of ether oxygens (including phenoxy) is 1. The maximum atomic E-state index is 11.7. The lowest BCUT2D eigenvalue weighted by Crippen LogP contribution is -2.27. The van der Waals surface area contributed by atoms with Gasteiger partial charge in [0.1, 0.15) is 5.75 Å². The highest BCUT2D eigenvalue weighted by Crippen LogP contribution is 2.12. The third kappa shape index (κ3) is 4.17. The Labute approximate surface area is 112 Å². The molecule has 0 aliphatic rings. The number of methoxy groups -OCH3 is 1. The third-order valence-corrected chi connectivity index (χ3v) is 2.88. The minimum Gasteiger partial charge on any atom is -0.497 e. The van der Waals surface area contributed by atoms with E-state index in [1.165, 1.54) is 0 Å². The predicted octanol–water partition coefficient (Wildman–Crippen LogP) is 1.92. The van der Waals surface area contributed by atoms with Gasteiger partial charge < -0.3 is 15.0 Å². The van der Waals surface area contributed by atoms with E-state index >= 15 is 0 Å². The molecule has 1 aromatic carbocycles. The SMILES string of the molecule is COc1cccc(CCNC(=O)Cc2ccc[nH]2)c1. The van der Waals surface area contributed by atoms with Crippen LogP contribution in [0, 0.1) is 0 Å². The number of H-pyrrole nitrogens is 1. The highest BCUT2D eigenvalue weighted by Gasteiger charge is 2.03. The Morgan fingerprint density at radius 2 is 2.21 bits per heavy atom. The topological polar surface area (TPSA) is 54.1 Å². The van der Waals surface area contributed by atoms with Crippen LogP contribution in [-0.4, -0.2) is 24.5 Å². The number of hydrogen-bond acceptors (Lipinski definition) is 2. The maximum absolute atomic E-state index is 11.7. The molecule has 0 radical (unpaired) electrons. The van der Waals surface area contributed by atoms with Gasteiger partial charge in [0, 0.05) is 18.4 Å². The number of carbonyl (C=O) groups excluding carboxylic acids is 1. The second kappa shape index (κ2) is 6.64. The summed E-state index contributed by atoms with van der Waals surface area (Å²) >= 11 is 0. The first-order valence-corrected chi connectivity index (χ1v) is 6.30. The van der Waals surface area contributed by atoms with Gasteiger partial charge >= 0.3 is 0 Å². The van der Waals surface area contributed by atoms with Crippen LogP contribution in [0.4, 0.5) is 0 Å². The predicted molar refractivity (Wildman–Crippen MR) is 74.2 cm³/mol. The Balaban J connectivity index is 1.75. The van der Waals surface area contributed by atoms with Crippen LogP contribution in [0.5, 0.6) is 5.75 Å². The Bertz CT molecular complexity index is 521. The van der Waals surface area contributed by atoms with E-state index in [-0.39, 0.29) is 5.91 Å². The number of carbonyl (C=O) groups is 1. The molecular weight excluding hydrogens is 240 g/mol. The molecule has 0 bridgehead atoms. The summed E-state index contributed by atoms with van der Waals surface area (Å²) < 4.78 is 5.16. The Morgan fingerprint density at radius 3 is 2.95 bits per heavy atom. The number of aromatic amines is 1. The normalized spacial score (nSPS) is 10.2.